The molecule has 0 radical (unpaired) electrons. The van der Waals surface area contributed by atoms with Gasteiger partial charge >= 0.3 is 5.97 Å². The summed E-state index contributed by atoms with van der Waals surface area (Å²) in [6.07, 6.45) is 0.879. The van der Waals surface area contributed by atoms with Crippen LogP contribution in [0.15, 0.2) is 53.4 Å². The molecule has 0 unspecified atom stereocenters. The molecule has 110 valence electrons. The van der Waals surface area contributed by atoms with Crippen molar-refractivity contribution in [1.29, 1.82) is 0 Å². The molecule has 0 aliphatic rings. The Bertz CT molecular complexity index is 734. The van der Waals surface area contributed by atoms with Gasteiger partial charge < -0.3 is 5.11 Å². The van der Waals surface area contributed by atoms with Gasteiger partial charge in [-0.3, -0.25) is 4.72 Å². The highest BCUT2D eigenvalue weighted by Gasteiger charge is 2.14. The highest BCUT2D eigenvalue weighted by Crippen LogP contribution is 2.17. The number of hydrogen-bond donors (Lipinski definition) is 2. The summed E-state index contributed by atoms with van der Waals surface area (Å²) < 4.78 is 26.8. The predicted octanol–water partition coefficient (Wildman–Crippen LogP) is 2.75. The van der Waals surface area contributed by atoms with E-state index in [9.17, 15) is 13.2 Å². The highest BCUT2D eigenvalue weighted by molar-refractivity contribution is 7.92. The van der Waals surface area contributed by atoms with Gasteiger partial charge in [0, 0.05) is 5.69 Å². The molecule has 0 amide bonds. The van der Waals surface area contributed by atoms with Crippen molar-refractivity contribution in [1.82, 2.24) is 0 Å². The lowest BCUT2D eigenvalue weighted by molar-refractivity contribution is 0.0696. The van der Waals surface area contributed by atoms with E-state index in [0.717, 1.165) is 12.0 Å². The number of carbonyl (C=O) groups is 1. The van der Waals surface area contributed by atoms with E-state index in [-0.39, 0.29) is 10.5 Å². The molecule has 2 rings (SSSR count). The van der Waals surface area contributed by atoms with Crippen molar-refractivity contribution >= 4 is 21.7 Å². The van der Waals surface area contributed by atoms with E-state index in [4.69, 9.17) is 5.11 Å². The van der Waals surface area contributed by atoms with Gasteiger partial charge in [0.1, 0.15) is 0 Å². The SMILES string of the molecule is CCc1ccc(NS(=O)(=O)c2ccc(C(=O)O)cc2)cc1. The number of carboxylic acid groups (broad SMARTS) is 1. The van der Waals surface area contributed by atoms with E-state index >= 15 is 0 Å². The molecule has 0 saturated heterocycles. The van der Waals surface area contributed by atoms with Crippen LogP contribution in [-0.4, -0.2) is 19.5 Å². The van der Waals surface area contributed by atoms with E-state index in [1.807, 2.05) is 19.1 Å². The first-order chi connectivity index (χ1) is 9.92. The lowest BCUT2D eigenvalue weighted by Crippen LogP contribution is -2.13. The van der Waals surface area contributed by atoms with Crippen LogP contribution in [0.5, 0.6) is 0 Å². The lowest BCUT2D eigenvalue weighted by atomic mass is 10.2. The maximum absolute atomic E-state index is 12.2. The third-order valence-corrected chi connectivity index (χ3v) is 4.42. The molecule has 0 bridgehead atoms. The number of nitrogens with one attached hydrogen (secondary N) is 1. The summed E-state index contributed by atoms with van der Waals surface area (Å²) in [6.45, 7) is 2.02. The van der Waals surface area contributed by atoms with Crippen LogP contribution < -0.4 is 4.72 Å². The average Bonchev–Trinajstić information content (AvgIpc) is 2.48. The van der Waals surface area contributed by atoms with Crippen molar-refractivity contribution in [2.45, 2.75) is 18.2 Å². The normalized spacial score (nSPS) is 11.1. The van der Waals surface area contributed by atoms with Crippen LogP contribution in [-0.2, 0) is 16.4 Å². The van der Waals surface area contributed by atoms with Crippen molar-refractivity contribution in [2.75, 3.05) is 4.72 Å². The van der Waals surface area contributed by atoms with Crippen molar-refractivity contribution in [3.05, 3.63) is 59.7 Å². The zero-order valence-corrected chi connectivity index (χ0v) is 12.2. The molecule has 2 aromatic rings. The van der Waals surface area contributed by atoms with Gasteiger partial charge in [0.2, 0.25) is 0 Å². The summed E-state index contributed by atoms with van der Waals surface area (Å²) in [6, 6.07) is 12.2. The highest BCUT2D eigenvalue weighted by atomic mass is 32.2. The summed E-state index contributed by atoms with van der Waals surface area (Å²) in [5.41, 5.74) is 1.62. The first kappa shape index (κ1) is 15.1. The average molecular weight is 305 g/mol. The molecular weight excluding hydrogens is 290 g/mol. The number of rotatable bonds is 5. The monoisotopic (exact) mass is 305 g/mol. The lowest BCUT2D eigenvalue weighted by Gasteiger charge is -2.09. The zero-order chi connectivity index (χ0) is 15.5. The summed E-state index contributed by atoms with van der Waals surface area (Å²) in [5.74, 6) is -1.10. The van der Waals surface area contributed by atoms with E-state index < -0.39 is 16.0 Å². The Kier molecular flexibility index (Phi) is 4.28. The van der Waals surface area contributed by atoms with Crippen LogP contribution in [0.25, 0.3) is 0 Å². The predicted molar refractivity (Wildman–Crippen MR) is 80.0 cm³/mol. The van der Waals surface area contributed by atoms with Gasteiger partial charge in [0.05, 0.1) is 10.5 Å². The van der Waals surface area contributed by atoms with Crippen LogP contribution in [0, 0.1) is 0 Å². The van der Waals surface area contributed by atoms with Crippen molar-refractivity contribution in [3.8, 4) is 0 Å². The molecule has 5 nitrogen and oxygen atoms in total. The van der Waals surface area contributed by atoms with Crippen molar-refractivity contribution in [3.63, 3.8) is 0 Å². The molecule has 0 heterocycles. The van der Waals surface area contributed by atoms with Crippen LogP contribution in [0.3, 0.4) is 0 Å². The van der Waals surface area contributed by atoms with Gasteiger partial charge in [-0.25, -0.2) is 13.2 Å². The van der Waals surface area contributed by atoms with Crippen LogP contribution in [0.2, 0.25) is 0 Å². The number of carboxylic acids is 1. The number of benzene rings is 2. The fraction of sp³-hybridized carbons (Fsp3) is 0.133. The zero-order valence-electron chi connectivity index (χ0n) is 11.4. The maximum Gasteiger partial charge on any atom is 0.335 e. The fourth-order valence-electron chi connectivity index (χ4n) is 1.80. The summed E-state index contributed by atoms with van der Waals surface area (Å²) in [5, 5.41) is 8.80. The first-order valence-corrected chi connectivity index (χ1v) is 7.86. The Morgan fingerprint density at radius 2 is 1.62 bits per heavy atom. The number of hydrogen-bond acceptors (Lipinski definition) is 3. The van der Waals surface area contributed by atoms with Gasteiger partial charge in [-0.05, 0) is 48.4 Å². The van der Waals surface area contributed by atoms with Crippen molar-refractivity contribution in [2.24, 2.45) is 0 Å². The van der Waals surface area contributed by atoms with Crippen molar-refractivity contribution < 1.29 is 18.3 Å². The Morgan fingerprint density at radius 1 is 1.05 bits per heavy atom. The molecule has 0 atom stereocenters. The number of aromatic carboxylic acids is 1. The summed E-state index contributed by atoms with van der Waals surface area (Å²) in [7, 11) is -3.72. The summed E-state index contributed by atoms with van der Waals surface area (Å²) >= 11 is 0. The quantitative estimate of drug-likeness (QED) is 0.889. The van der Waals surface area contributed by atoms with Gasteiger partial charge in [-0.2, -0.15) is 0 Å². The second-order valence-corrected chi connectivity index (χ2v) is 6.17. The standard InChI is InChI=1S/C15H15NO4S/c1-2-11-3-7-13(8-4-11)16-21(19,20)14-9-5-12(6-10-14)15(17)18/h3-10,16H,2H2,1H3,(H,17,18). The Hall–Kier alpha value is -2.34. The number of sulfonamides is 1. The summed E-state index contributed by atoms with van der Waals surface area (Å²) in [4.78, 5) is 10.8. The fourth-order valence-corrected chi connectivity index (χ4v) is 2.86. The number of anilines is 1. The van der Waals surface area contributed by atoms with E-state index in [0.29, 0.717) is 5.69 Å². The largest absolute Gasteiger partial charge is 0.478 e. The third kappa shape index (κ3) is 3.61. The second-order valence-electron chi connectivity index (χ2n) is 4.49. The van der Waals surface area contributed by atoms with Crippen LogP contribution in [0.1, 0.15) is 22.8 Å². The van der Waals surface area contributed by atoms with Gasteiger partial charge in [0.15, 0.2) is 0 Å². The third-order valence-electron chi connectivity index (χ3n) is 3.03. The minimum atomic E-state index is -3.72. The minimum Gasteiger partial charge on any atom is -0.478 e. The molecular formula is C15H15NO4S. The maximum atomic E-state index is 12.2. The molecule has 2 N–H and O–H groups in total. The topological polar surface area (TPSA) is 83.5 Å². The van der Waals surface area contributed by atoms with Crippen LogP contribution >= 0.6 is 0 Å². The molecule has 0 aromatic heterocycles. The molecule has 2 aromatic carbocycles. The van der Waals surface area contributed by atoms with Crippen LogP contribution in [0.4, 0.5) is 5.69 Å². The molecule has 6 heteroatoms. The molecule has 0 aliphatic heterocycles. The van der Waals surface area contributed by atoms with E-state index in [2.05, 4.69) is 4.72 Å². The number of aryl methyl sites for hydroxylation is 1. The first-order valence-electron chi connectivity index (χ1n) is 6.37. The van der Waals surface area contributed by atoms with E-state index in [1.165, 1.54) is 24.3 Å². The Labute approximate surface area is 123 Å². The van der Waals surface area contributed by atoms with Gasteiger partial charge in [-0.1, -0.05) is 19.1 Å². The molecule has 21 heavy (non-hydrogen) atoms. The van der Waals surface area contributed by atoms with Gasteiger partial charge in [-0.15, -0.1) is 0 Å². The molecule has 0 saturated carbocycles. The Balaban J connectivity index is 2.22. The Morgan fingerprint density at radius 3 is 2.10 bits per heavy atom. The second kappa shape index (κ2) is 5.97. The smallest absolute Gasteiger partial charge is 0.335 e. The van der Waals surface area contributed by atoms with E-state index in [1.54, 1.807) is 12.1 Å². The minimum absolute atomic E-state index is 0.0204. The molecule has 0 fully saturated rings. The molecule has 0 spiro atoms. The molecule has 0 aliphatic carbocycles. The van der Waals surface area contributed by atoms with Gasteiger partial charge in [0.25, 0.3) is 10.0 Å².